The molecule has 0 saturated carbocycles. The fourth-order valence-electron chi connectivity index (χ4n) is 1.82. The Kier molecular flexibility index (Phi) is 6.45. The van der Waals surface area contributed by atoms with Crippen LogP contribution >= 0.6 is 34.5 Å². The Labute approximate surface area is 148 Å². The van der Waals surface area contributed by atoms with E-state index in [4.69, 9.17) is 27.9 Å². The zero-order chi connectivity index (χ0) is 16.8. The minimum atomic E-state index is -0.916. The summed E-state index contributed by atoms with van der Waals surface area (Å²) < 4.78 is 5.13. The van der Waals surface area contributed by atoms with Crippen molar-refractivity contribution in [1.29, 1.82) is 0 Å². The van der Waals surface area contributed by atoms with Crippen LogP contribution in [0, 0.1) is 0 Å². The molecule has 1 heterocycles. The first kappa shape index (κ1) is 17.8. The van der Waals surface area contributed by atoms with Gasteiger partial charge in [-0.05, 0) is 43.0 Å². The van der Waals surface area contributed by atoms with Gasteiger partial charge in [0.1, 0.15) is 0 Å². The van der Waals surface area contributed by atoms with Gasteiger partial charge in [0.05, 0.1) is 17.1 Å². The SMILES string of the molecule is C[C@@H](OC(=O)CCc1cccs1)C(=O)Nc1cc(Cl)ccc1Cl. The van der Waals surface area contributed by atoms with E-state index in [1.165, 1.54) is 13.0 Å². The number of esters is 1. The van der Waals surface area contributed by atoms with Crippen molar-refractivity contribution in [2.75, 3.05) is 5.32 Å². The highest BCUT2D eigenvalue weighted by molar-refractivity contribution is 7.09. The van der Waals surface area contributed by atoms with Crippen molar-refractivity contribution in [2.24, 2.45) is 0 Å². The van der Waals surface area contributed by atoms with Crippen LogP contribution in [0.2, 0.25) is 10.0 Å². The third-order valence-electron chi connectivity index (χ3n) is 3.02. The molecule has 2 rings (SSSR count). The van der Waals surface area contributed by atoms with Crippen LogP contribution in [0.1, 0.15) is 18.2 Å². The Morgan fingerprint density at radius 1 is 1.30 bits per heavy atom. The lowest BCUT2D eigenvalue weighted by atomic mass is 10.2. The van der Waals surface area contributed by atoms with Crippen molar-refractivity contribution in [3.63, 3.8) is 0 Å². The Balaban J connectivity index is 1.84. The summed E-state index contributed by atoms with van der Waals surface area (Å²) in [4.78, 5) is 24.9. The van der Waals surface area contributed by atoms with Gasteiger partial charge in [0.15, 0.2) is 6.10 Å². The largest absolute Gasteiger partial charge is 0.453 e. The number of hydrogen-bond acceptors (Lipinski definition) is 4. The summed E-state index contributed by atoms with van der Waals surface area (Å²) in [5.74, 6) is -0.878. The molecule has 0 bridgehead atoms. The molecule has 7 heteroatoms. The molecule has 2 aromatic rings. The lowest BCUT2D eigenvalue weighted by Crippen LogP contribution is -2.30. The number of carbonyl (C=O) groups is 2. The molecule has 0 aliphatic rings. The molecular formula is C16H15Cl2NO3S. The highest BCUT2D eigenvalue weighted by Gasteiger charge is 2.19. The van der Waals surface area contributed by atoms with E-state index < -0.39 is 18.0 Å². The first-order valence-electron chi connectivity index (χ1n) is 6.93. The minimum Gasteiger partial charge on any atom is -0.453 e. The van der Waals surface area contributed by atoms with Crippen molar-refractivity contribution < 1.29 is 14.3 Å². The van der Waals surface area contributed by atoms with Crippen LogP contribution in [0.3, 0.4) is 0 Å². The van der Waals surface area contributed by atoms with Crippen molar-refractivity contribution >= 4 is 52.1 Å². The highest BCUT2D eigenvalue weighted by atomic mass is 35.5. The standard InChI is InChI=1S/C16H15Cl2NO3S/c1-10(22-15(20)7-5-12-3-2-8-23-12)16(21)19-14-9-11(17)4-6-13(14)18/h2-4,6,8-10H,5,7H2,1H3,(H,19,21)/t10-/m1/s1. The van der Waals surface area contributed by atoms with Crippen LogP contribution in [0.15, 0.2) is 35.7 Å². The summed E-state index contributed by atoms with van der Waals surface area (Å²) >= 11 is 13.4. The average molecular weight is 372 g/mol. The number of amides is 1. The van der Waals surface area contributed by atoms with Crippen molar-refractivity contribution in [1.82, 2.24) is 0 Å². The molecule has 1 aromatic heterocycles. The quantitative estimate of drug-likeness (QED) is 0.757. The van der Waals surface area contributed by atoms with Gasteiger partial charge in [-0.3, -0.25) is 9.59 Å². The summed E-state index contributed by atoms with van der Waals surface area (Å²) in [6, 6.07) is 8.61. The van der Waals surface area contributed by atoms with Gasteiger partial charge >= 0.3 is 5.97 Å². The van der Waals surface area contributed by atoms with E-state index in [-0.39, 0.29) is 6.42 Å². The van der Waals surface area contributed by atoms with Crippen LogP contribution in [0.5, 0.6) is 0 Å². The number of hydrogen-bond donors (Lipinski definition) is 1. The van der Waals surface area contributed by atoms with Gasteiger partial charge in [-0.1, -0.05) is 29.3 Å². The van der Waals surface area contributed by atoms with Crippen molar-refractivity contribution in [3.05, 3.63) is 50.6 Å². The van der Waals surface area contributed by atoms with E-state index in [1.807, 2.05) is 17.5 Å². The molecule has 0 aliphatic carbocycles. The molecule has 23 heavy (non-hydrogen) atoms. The zero-order valence-electron chi connectivity index (χ0n) is 12.3. The summed E-state index contributed by atoms with van der Waals surface area (Å²) in [7, 11) is 0. The highest BCUT2D eigenvalue weighted by Crippen LogP contribution is 2.25. The molecule has 1 N–H and O–H groups in total. The number of aryl methyl sites for hydroxylation is 1. The van der Waals surface area contributed by atoms with Crippen molar-refractivity contribution in [2.45, 2.75) is 25.9 Å². The Morgan fingerprint density at radius 3 is 2.78 bits per heavy atom. The first-order valence-corrected chi connectivity index (χ1v) is 8.57. The maximum Gasteiger partial charge on any atom is 0.306 e. The number of benzene rings is 1. The van der Waals surface area contributed by atoms with E-state index in [9.17, 15) is 9.59 Å². The topological polar surface area (TPSA) is 55.4 Å². The second kappa shape index (κ2) is 8.34. The van der Waals surface area contributed by atoms with Crippen LogP contribution in [0.4, 0.5) is 5.69 Å². The Morgan fingerprint density at radius 2 is 2.09 bits per heavy atom. The zero-order valence-corrected chi connectivity index (χ0v) is 14.7. The predicted molar refractivity (Wildman–Crippen MR) is 93.3 cm³/mol. The van der Waals surface area contributed by atoms with E-state index in [0.717, 1.165) is 4.88 Å². The molecule has 4 nitrogen and oxygen atoms in total. The van der Waals surface area contributed by atoms with E-state index in [1.54, 1.807) is 23.5 Å². The Bertz CT molecular complexity index is 689. The normalized spacial score (nSPS) is 11.8. The Hall–Kier alpha value is -1.56. The van der Waals surface area contributed by atoms with E-state index in [0.29, 0.717) is 22.2 Å². The molecule has 0 fully saturated rings. The van der Waals surface area contributed by atoms with Crippen LogP contribution in [-0.4, -0.2) is 18.0 Å². The molecule has 1 atom stereocenters. The number of ether oxygens (including phenoxy) is 1. The van der Waals surface area contributed by atoms with Crippen LogP contribution in [0.25, 0.3) is 0 Å². The number of nitrogens with one attached hydrogen (secondary N) is 1. The molecule has 0 spiro atoms. The molecule has 0 unspecified atom stereocenters. The lowest BCUT2D eigenvalue weighted by Gasteiger charge is -2.14. The van der Waals surface area contributed by atoms with Gasteiger partial charge in [-0.15, -0.1) is 11.3 Å². The number of halogens is 2. The van der Waals surface area contributed by atoms with Crippen molar-refractivity contribution in [3.8, 4) is 0 Å². The molecular weight excluding hydrogens is 357 g/mol. The minimum absolute atomic E-state index is 0.232. The smallest absolute Gasteiger partial charge is 0.306 e. The summed E-state index contributed by atoms with van der Waals surface area (Å²) in [6.07, 6.45) is -0.0815. The summed E-state index contributed by atoms with van der Waals surface area (Å²) in [5.41, 5.74) is 0.380. The third-order valence-corrected chi connectivity index (χ3v) is 4.52. The van der Waals surface area contributed by atoms with E-state index >= 15 is 0 Å². The van der Waals surface area contributed by atoms with Gasteiger partial charge in [-0.2, -0.15) is 0 Å². The maximum absolute atomic E-state index is 12.1. The molecule has 0 saturated heterocycles. The molecule has 1 aromatic carbocycles. The fraction of sp³-hybridized carbons (Fsp3) is 0.250. The number of thiophene rings is 1. The van der Waals surface area contributed by atoms with Gasteiger partial charge in [-0.25, -0.2) is 0 Å². The number of rotatable bonds is 6. The summed E-state index contributed by atoms with van der Waals surface area (Å²) in [6.45, 7) is 1.51. The van der Waals surface area contributed by atoms with Gasteiger partial charge in [0.2, 0.25) is 0 Å². The second-order valence-electron chi connectivity index (χ2n) is 4.82. The number of carbonyl (C=O) groups excluding carboxylic acids is 2. The molecule has 1 amide bonds. The van der Waals surface area contributed by atoms with E-state index in [2.05, 4.69) is 5.32 Å². The summed E-state index contributed by atoms with van der Waals surface area (Å²) in [5, 5.41) is 5.35. The first-order chi connectivity index (χ1) is 11.0. The molecule has 0 radical (unpaired) electrons. The van der Waals surface area contributed by atoms with Gasteiger partial charge < -0.3 is 10.1 Å². The van der Waals surface area contributed by atoms with Crippen LogP contribution in [-0.2, 0) is 20.7 Å². The van der Waals surface area contributed by atoms with Gasteiger partial charge in [0.25, 0.3) is 5.91 Å². The molecule has 0 aliphatic heterocycles. The average Bonchev–Trinajstić information content (AvgIpc) is 3.02. The monoisotopic (exact) mass is 371 g/mol. The fourth-order valence-corrected chi connectivity index (χ4v) is 2.86. The van der Waals surface area contributed by atoms with Gasteiger partial charge in [0, 0.05) is 9.90 Å². The van der Waals surface area contributed by atoms with Crippen LogP contribution < -0.4 is 5.32 Å². The maximum atomic E-state index is 12.1. The second-order valence-corrected chi connectivity index (χ2v) is 6.70. The third kappa shape index (κ3) is 5.53. The predicted octanol–water partition coefficient (Wildman–Crippen LogP) is 4.56. The lowest BCUT2D eigenvalue weighted by molar-refractivity contribution is -0.153. The number of anilines is 1. The molecule has 122 valence electrons.